The van der Waals surface area contributed by atoms with Crippen LogP contribution in [0.2, 0.25) is 0 Å². The number of hydrogen-bond acceptors (Lipinski definition) is 6. The molecule has 0 aromatic heterocycles. The molecule has 0 aromatic rings. The van der Waals surface area contributed by atoms with Crippen LogP contribution in [0.15, 0.2) is 0 Å². The second kappa shape index (κ2) is 11.5. The number of Topliss-reactive ketones (excluding diaryl/α,β-unsaturated/α-hetero) is 1. The number of carbonyl (C=O) groups excluding carboxylic acids is 4. The smallest absolute Gasteiger partial charge is 0.405 e. The number of nitrogens with zero attached hydrogens (tertiary/aromatic N) is 1. The highest BCUT2D eigenvalue weighted by Crippen LogP contribution is 2.35. The first kappa shape index (κ1) is 29.7. The molecule has 0 radical (unpaired) electrons. The zero-order valence-corrected chi connectivity index (χ0v) is 22.2. The molecule has 1 saturated carbocycles. The molecule has 2 heterocycles. The Morgan fingerprint density at radius 3 is 2.13 bits per heavy atom. The molecule has 3 aliphatic rings. The molecule has 4 amide bonds. The highest BCUT2D eigenvalue weighted by atomic mass is 19.3. The van der Waals surface area contributed by atoms with Gasteiger partial charge in [0.15, 0.2) is 0 Å². The lowest BCUT2D eigenvalue weighted by Crippen LogP contribution is -2.59. The lowest BCUT2D eigenvalue weighted by molar-refractivity contribution is -0.144. The maximum Gasteiger partial charge on any atom is 0.405 e. The molecule has 1 aliphatic carbocycles. The van der Waals surface area contributed by atoms with E-state index in [1.54, 1.807) is 20.8 Å². The highest BCUT2D eigenvalue weighted by Gasteiger charge is 2.48. The molecule has 4 atom stereocenters. The molecule has 3 fully saturated rings. The van der Waals surface area contributed by atoms with E-state index >= 15 is 0 Å². The molecule has 2 aliphatic heterocycles. The van der Waals surface area contributed by atoms with E-state index in [9.17, 15) is 37.9 Å². The van der Waals surface area contributed by atoms with Gasteiger partial charge in [0.1, 0.15) is 12.1 Å². The summed E-state index contributed by atoms with van der Waals surface area (Å²) < 4.78 is 32.5. The Hall–Kier alpha value is -2.83. The van der Waals surface area contributed by atoms with Gasteiger partial charge in [-0.2, -0.15) is 0 Å². The van der Waals surface area contributed by atoms with Crippen LogP contribution in [0, 0.1) is 17.3 Å². The van der Waals surface area contributed by atoms with Gasteiger partial charge in [-0.05, 0) is 43.9 Å². The SMILES string of the molecule is CC(F)(F)CCC(NC(=O)[C@@H]1CC(C2COC2)CN1C(=O)[C@@H](NC(=O)O)C(C)(C)C)C(=O)C(=O)NC1CC1. The van der Waals surface area contributed by atoms with E-state index in [2.05, 4.69) is 16.0 Å². The normalized spacial score (nSPS) is 23.7. The average Bonchev–Trinajstić information content (AvgIpc) is 3.46. The zero-order valence-electron chi connectivity index (χ0n) is 22.2. The minimum atomic E-state index is -3.12. The van der Waals surface area contributed by atoms with Crippen LogP contribution in [0.4, 0.5) is 13.6 Å². The van der Waals surface area contributed by atoms with Crippen molar-refractivity contribution in [3.05, 3.63) is 0 Å². The first-order valence-electron chi connectivity index (χ1n) is 13.0. The first-order chi connectivity index (χ1) is 17.6. The number of carboxylic acid groups (broad SMARTS) is 1. The molecule has 13 heteroatoms. The van der Waals surface area contributed by atoms with Gasteiger partial charge in [-0.1, -0.05) is 20.8 Å². The predicted molar refractivity (Wildman–Crippen MR) is 130 cm³/mol. The van der Waals surface area contributed by atoms with E-state index in [0.29, 0.717) is 33.0 Å². The molecule has 3 rings (SSSR count). The molecule has 0 bridgehead atoms. The van der Waals surface area contributed by atoms with Gasteiger partial charge in [-0.15, -0.1) is 0 Å². The summed E-state index contributed by atoms with van der Waals surface area (Å²) in [5, 5.41) is 16.5. The fraction of sp³-hybridized carbons (Fsp3) is 0.800. The summed E-state index contributed by atoms with van der Waals surface area (Å²) in [4.78, 5) is 65.0. The Bertz CT molecular complexity index is 941. The van der Waals surface area contributed by atoms with Crippen molar-refractivity contribution >= 4 is 29.6 Å². The molecule has 0 aromatic carbocycles. The molecule has 2 saturated heterocycles. The van der Waals surface area contributed by atoms with Gasteiger partial charge >= 0.3 is 6.09 Å². The summed E-state index contributed by atoms with van der Waals surface area (Å²) in [6.07, 6.45) is -0.922. The van der Waals surface area contributed by atoms with Crippen molar-refractivity contribution in [2.24, 2.45) is 17.3 Å². The molecular formula is C25H38F2N4O7. The summed E-state index contributed by atoms with van der Waals surface area (Å²) in [6.45, 7) is 6.85. The number of rotatable bonds is 11. The average molecular weight is 545 g/mol. The van der Waals surface area contributed by atoms with Crippen LogP contribution in [-0.2, 0) is 23.9 Å². The third-order valence-corrected chi connectivity index (χ3v) is 7.27. The predicted octanol–water partition coefficient (Wildman–Crippen LogP) is 1.30. The number of carbonyl (C=O) groups is 5. The van der Waals surface area contributed by atoms with E-state index in [1.807, 2.05) is 0 Å². The topological polar surface area (TPSA) is 154 Å². The van der Waals surface area contributed by atoms with Gasteiger partial charge in [-0.3, -0.25) is 19.2 Å². The maximum absolute atomic E-state index is 13.6. The Kier molecular flexibility index (Phi) is 9.00. The Balaban J connectivity index is 1.82. The van der Waals surface area contributed by atoms with Gasteiger partial charge in [0, 0.05) is 24.9 Å². The van der Waals surface area contributed by atoms with Crippen LogP contribution in [0.5, 0.6) is 0 Å². The second-order valence-electron chi connectivity index (χ2n) is 11.8. The number of hydrogen-bond donors (Lipinski definition) is 4. The number of likely N-dealkylation sites (tertiary alicyclic amines) is 1. The van der Waals surface area contributed by atoms with Crippen LogP contribution < -0.4 is 16.0 Å². The maximum atomic E-state index is 13.6. The van der Waals surface area contributed by atoms with Gasteiger partial charge in [0.25, 0.3) is 5.91 Å². The number of amides is 4. The lowest BCUT2D eigenvalue weighted by Gasteiger charge is -2.35. The standard InChI is InChI=1S/C25H38F2N4O7/c1-24(2,3)19(30-23(36)37)22(35)31-10-13(14-11-38-12-14)9-17(31)20(33)29-16(7-8-25(4,26)27)18(32)21(34)28-15-5-6-15/h13-17,19,30H,5-12H2,1-4H3,(H,28,34)(H,29,33)(H,36,37)/t13?,16?,17-,19+/m0/s1. The Labute approximate surface area is 220 Å². The van der Waals surface area contributed by atoms with Crippen LogP contribution in [-0.4, -0.2) is 89.5 Å². The summed E-state index contributed by atoms with van der Waals surface area (Å²) in [5.41, 5.74) is -0.819. The molecule has 38 heavy (non-hydrogen) atoms. The number of alkyl halides is 2. The zero-order chi connectivity index (χ0) is 28.4. The summed E-state index contributed by atoms with van der Waals surface area (Å²) >= 11 is 0. The minimum absolute atomic E-state index is 0.101. The Morgan fingerprint density at radius 1 is 1.03 bits per heavy atom. The largest absolute Gasteiger partial charge is 0.465 e. The molecule has 214 valence electrons. The van der Waals surface area contributed by atoms with Crippen LogP contribution in [0.3, 0.4) is 0 Å². The van der Waals surface area contributed by atoms with Gasteiger partial charge in [0.2, 0.25) is 23.5 Å². The minimum Gasteiger partial charge on any atom is -0.465 e. The molecule has 11 nitrogen and oxygen atoms in total. The monoisotopic (exact) mass is 544 g/mol. The summed E-state index contributed by atoms with van der Waals surface area (Å²) in [6, 6.07) is -3.87. The first-order valence-corrected chi connectivity index (χ1v) is 13.0. The van der Waals surface area contributed by atoms with Gasteiger partial charge in [-0.25, -0.2) is 13.6 Å². The van der Waals surface area contributed by atoms with Crippen molar-refractivity contribution in [3.63, 3.8) is 0 Å². The molecule has 2 unspecified atom stereocenters. The fourth-order valence-corrected chi connectivity index (χ4v) is 4.74. The van der Waals surface area contributed by atoms with E-state index in [0.717, 1.165) is 0 Å². The third kappa shape index (κ3) is 7.84. The van der Waals surface area contributed by atoms with Crippen LogP contribution in [0.1, 0.15) is 59.8 Å². The summed E-state index contributed by atoms with van der Waals surface area (Å²) in [5.74, 6) is -6.44. The Morgan fingerprint density at radius 2 is 1.66 bits per heavy atom. The van der Waals surface area contributed by atoms with E-state index in [1.165, 1.54) is 4.90 Å². The summed E-state index contributed by atoms with van der Waals surface area (Å²) in [7, 11) is 0. The van der Waals surface area contributed by atoms with Crippen molar-refractivity contribution in [2.75, 3.05) is 19.8 Å². The fourth-order valence-electron chi connectivity index (χ4n) is 4.74. The van der Waals surface area contributed by atoms with Crippen LogP contribution in [0.25, 0.3) is 0 Å². The van der Waals surface area contributed by atoms with Gasteiger partial charge in [0.05, 0.1) is 19.3 Å². The molecule has 4 N–H and O–H groups in total. The van der Waals surface area contributed by atoms with Crippen molar-refractivity contribution in [1.29, 1.82) is 0 Å². The van der Waals surface area contributed by atoms with Crippen molar-refractivity contribution in [2.45, 2.75) is 89.9 Å². The van der Waals surface area contributed by atoms with Crippen molar-refractivity contribution < 1.29 is 42.6 Å². The highest BCUT2D eigenvalue weighted by molar-refractivity contribution is 6.38. The van der Waals surface area contributed by atoms with E-state index < -0.39 is 71.9 Å². The number of halogens is 2. The van der Waals surface area contributed by atoms with Gasteiger partial charge < -0.3 is 30.7 Å². The quantitative estimate of drug-likeness (QED) is 0.286. The number of nitrogens with one attached hydrogen (secondary N) is 3. The van der Waals surface area contributed by atoms with Crippen LogP contribution >= 0.6 is 0 Å². The number of ether oxygens (including phenoxy) is 1. The second-order valence-corrected chi connectivity index (χ2v) is 11.8. The third-order valence-electron chi connectivity index (χ3n) is 7.27. The van der Waals surface area contributed by atoms with Crippen molar-refractivity contribution in [3.8, 4) is 0 Å². The van der Waals surface area contributed by atoms with E-state index in [-0.39, 0.29) is 30.8 Å². The lowest BCUT2D eigenvalue weighted by atomic mass is 9.85. The molecule has 0 spiro atoms. The molecular weight excluding hydrogens is 506 g/mol. The van der Waals surface area contributed by atoms with E-state index in [4.69, 9.17) is 4.74 Å². The van der Waals surface area contributed by atoms with Crippen molar-refractivity contribution in [1.82, 2.24) is 20.9 Å². The number of ketones is 1.